The molecule has 4 heteroatoms. The molecule has 0 amide bonds. The summed E-state index contributed by atoms with van der Waals surface area (Å²) in [6.45, 7) is 7.88. The summed E-state index contributed by atoms with van der Waals surface area (Å²) in [6, 6.07) is 4.11. The number of carbonyl (C=O) groups is 1. The Kier molecular flexibility index (Phi) is 5.52. The predicted octanol–water partition coefficient (Wildman–Crippen LogP) is 3.94. The molecule has 1 aromatic rings. The average Bonchev–Trinajstić information content (AvgIpc) is 2.58. The first-order valence-electron chi connectivity index (χ1n) is 9.78. The maximum Gasteiger partial charge on any atom is 0.303 e. The van der Waals surface area contributed by atoms with E-state index in [-0.39, 0.29) is 23.9 Å². The van der Waals surface area contributed by atoms with Gasteiger partial charge < -0.3 is 9.84 Å². The molecule has 2 aliphatic rings. The quantitative estimate of drug-likeness (QED) is 0.655. The van der Waals surface area contributed by atoms with Crippen LogP contribution in [0.3, 0.4) is 0 Å². The van der Waals surface area contributed by atoms with E-state index in [2.05, 4.69) is 31.0 Å². The largest absolute Gasteiger partial charge is 0.458 e. The first-order chi connectivity index (χ1) is 12.3. The van der Waals surface area contributed by atoms with Crippen molar-refractivity contribution in [3.63, 3.8) is 0 Å². The zero-order chi connectivity index (χ0) is 18.9. The lowest BCUT2D eigenvalue weighted by molar-refractivity contribution is -0.159. The van der Waals surface area contributed by atoms with Crippen molar-refractivity contribution < 1.29 is 14.6 Å². The zero-order valence-corrected chi connectivity index (χ0v) is 16.3. The maximum absolute atomic E-state index is 11.6. The number of ether oxygens (including phenoxy) is 1. The summed E-state index contributed by atoms with van der Waals surface area (Å²) in [5.41, 5.74) is 1.52. The van der Waals surface area contributed by atoms with Gasteiger partial charge in [0.2, 0.25) is 0 Å². The standard InChI is InChI=1S/C22H31NO3/c1-14(10-18-6-5-9-23-13-18)19-8-7-16(3)22(25)12-21(26-17(4)24)15(2)11-20(19)22/h5-6,9,11,13-14,16,19-21,25H,7-8,10,12H2,1-4H3/t14-,16+,19-,20+,21+,22+/m0/s1. The third-order valence-electron chi connectivity index (χ3n) is 6.61. The summed E-state index contributed by atoms with van der Waals surface area (Å²) in [7, 11) is 0. The number of fused-ring (bicyclic) bond motifs is 1. The third kappa shape index (κ3) is 3.71. The maximum atomic E-state index is 11.6. The van der Waals surface area contributed by atoms with Crippen molar-refractivity contribution in [2.45, 2.75) is 65.1 Å². The molecule has 0 spiro atoms. The van der Waals surface area contributed by atoms with Gasteiger partial charge in [0.1, 0.15) is 6.10 Å². The van der Waals surface area contributed by atoms with Crippen LogP contribution in [0, 0.1) is 23.7 Å². The van der Waals surface area contributed by atoms with E-state index in [0.717, 1.165) is 24.8 Å². The summed E-state index contributed by atoms with van der Waals surface area (Å²) in [6.07, 6.45) is 9.24. The second-order valence-electron chi connectivity index (χ2n) is 8.41. The Morgan fingerprint density at radius 2 is 2.23 bits per heavy atom. The normalized spacial score (nSPS) is 35.2. The number of hydrogen-bond acceptors (Lipinski definition) is 4. The number of nitrogens with zero attached hydrogens (tertiary/aromatic N) is 1. The Balaban J connectivity index is 1.84. The molecule has 1 fully saturated rings. The topological polar surface area (TPSA) is 59.4 Å². The van der Waals surface area contributed by atoms with Crippen LogP contribution in [-0.2, 0) is 16.0 Å². The molecule has 26 heavy (non-hydrogen) atoms. The zero-order valence-electron chi connectivity index (χ0n) is 16.3. The van der Waals surface area contributed by atoms with E-state index in [1.165, 1.54) is 12.5 Å². The van der Waals surface area contributed by atoms with Crippen LogP contribution in [0.5, 0.6) is 0 Å². The number of carbonyl (C=O) groups excluding carboxylic acids is 1. The molecule has 1 heterocycles. The summed E-state index contributed by atoms with van der Waals surface area (Å²) in [5, 5.41) is 11.6. The number of hydrogen-bond donors (Lipinski definition) is 1. The first kappa shape index (κ1) is 19.1. The van der Waals surface area contributed by atoms with Crippen LogP contribution in [0.4, 0.5) is 0 Å². The minimum absolute atomic E-state index is 0.115. The molecule has 142 valence electrons. The predicted molar refractivity (Wildman–Crippen MR) is 101 cm³/mol. The molecule has 1 aromatic heterocycles. The van der Waals surface area contributed by atoms with Crippen molar-refractivity contribution in [1.29, 1.82) is 0 Å². The summed E-state index contributed by atoms with van der Waals surface area (Å²) >= 11 is 0. The van der Waals surface area contributed by atoms with E-state index < -0.39 is 5.60 Å². The Hall–Kier alpha value is -1.68. The van der Waals surface area contributed by atoms with Crippen molar-refractivity contribution in [3.05, 3.63) is 41.7 Å². The van der Waals surface area contributed by atoms with Crippen molar-refractivity contribution in [1.82, 2.24) is 4.98 Å². The Morgan fingerprint density at radius 1 is 1.46 bits per heavy atom. The Labute approximate surface area is 156 Å². The minimum Gasteiger partial charge on any atom is -0.458 e. The number of rotatable bonds is 4. The van der Waals surface area contributed by atoms with E-state index in [4.69, 9.17) is 4.74 Å². The molecule has 4 nitrogen and oxygen atoms in total. The highest BCUT2D eigenvalue weighted by Crippen LogP contribution is 2.51. The number of aliphatic hydroxyl groups is 1. The average molecular weight is 357 g/mol. The first-order valence-corrected chi connectivity index (χ1v) is 9.78. The summed E-state index contributed by atoms with van der Waals surface area (Å²) in [4.78, 5) is 15.7. The monoisotopic (exact) mass is 357 g/mol. The van der Waals surface area contributed by atoms with Gasteiger partial charge in [0, 0.05) is 31.7 Å². The van der Waals surface area contributed by atoms with Crippen molar-refractivity contribution in [2.24, 2.45) is 23.7 Å². The molecule has 0 aliphatic heterocycles. The fraction of sp³-hybridized carbons (Fsp3) is 0.636. The van der Waals surface area contributed by atoms with Crippen LogP contribution in [0.2, 0.25) is 0 Å². The van der Waals surface area contributed by atoms with Crippen molar-refractivity contribution >= 4 is 5.97 Å². The molecule has 0 bridgehead atoms. The van der Waals surface area contributed by atoms with Gasteiger partial charge >= 0.3 is 5.97 Å². The molecule has 1 N–H and O–H groups in total. The summed E-state index contributed by atoms with van der Waals surface area (Å²) in [5.74, 6) is 0.915. The number of esters is 1. The number of aromatic nitrogens is 1. The van der Waals surface area contributed by atoms with Gasteiger partial charge in [-0.3, -0.25) is 9.78 Å². The molecule has 1 saturated carbocycles. The molecule has 0 radical (unpaired) electrons. The molecule has 2 aliphatic carbocycles. The second kappa shape index (κ2) is 7.51. The Bertz CT molecular complexity index is 671. The lowest BCUT2D eigenvalue weighted by atomic mass is 9.56. The highest BCUT2D eigenvalue weighted by molar-refractivity contribution is 5.66. The summed E-state index contributed by atoms with van der Waals surface area (Å²) < 4.78 is 5.48. The Morgan fingerprint density at radius 3 is 2.88 bits per heavy atom. The van der Waals surface area contributed by atoms with Crippen LogP contribution in [0.1, 0.15) is 52.5 Å². The van der Waals surface area contributed by atoms with Crippen LogP contribution in [-0.4, -0.2) is 27.8 Å². The van der Waals surface area contributed by atoms with Gasteiger partial charge in [0.05, 0.1) is 5.60 Å². The van der Waals surface area contributed by atoms with E-state index in [9.17, 15) is 9.90 Å². The van der Waals surface area contributed by atoms with Crippen LogP contribution >= 0.6 is 0 Å². The smallest absolute Gasteiger partial charge is 0.303 e. The molecular formula is C22H31NO3. The van der Waals surface area contributed by atoms with Gasteiger partial charge in [0.25, 0.3) is 0 Å². The van der Waals surface area contributed by atoms with E-state index in [1.807, 2.05) is 19.2 Å². The van der Waals surface area contributed by atoms with Crippen LogP contribution in [0.15, 0.2) is 36.2 Å². The van der Waals surface area contributed by atoms with Crippen molar-refractivity contribution in [3.8, 4) is 0 Å². The van der Waals surface area contributed by atoms with Crippen molar-refractivity contribution in [2.75, 3.05) is 0 Å². The minimum atomic E-state index is -0.800. The van der Waals surface area contributed by atoms with Gasteiger partial charge in [-0.2, -0.15) is 0 Å². The van der Waals surface area contributed by atoms with Crippen LogP contribution < -0.4 is 0 Å². The highest BCUT2D eigenvalue weighted by Gasteiger charge is 2.52. The van der Waals surface area contributed by atoms with Gasteiger partial charge in [-0.15, -0.1) is 0 Å². The molecule has 0 aromatic carbocycles. The molecule has 3 rings (SSSR count). The number of pyridine rings is 1. The van der Waals surface area contributed by atoms with E-state index in [0.29, 0.717) is 18.3 Å². The fourth-order valence-electron chi connectivity index (χ4n) is 5.04. The second-order valence-corrected chi connectivity index (χ2v) is 8.41. The molecular weight excluding hydrogens is 326 g/mol. The van der Waals surface area contributed by atoms with E-state index in [1.54, 1.807) is 6.20 Å². The van der Waals surface area contributed by atoms with Gasteiger partial charge in [-0.1, -0.05) is 26.0 Å². The van der Waals surface area contributed by atoms with Gasteiger partial charge in [0.15, 0.2) is 0 Å². The lowest BCUT2D eigenvalue weighted by Gasteiger charge is -2.53. The van der Waals surface area contributed by atoms with Gasteiger partial charge in [-0.05, 0) is 61.1 Å². The SMILES string of the molecule is CC(=O)O[C@@H]1C[C@@]2(O)[C@H](C)CC[C@@H]([C@@H](C)Cc3cccnc3)[C@H]2C=C1C. The highest BCUT2D eigenvalue weighted by atomic mass is 16.5. The fourth-order valence-corrected chi connectivity index (χ4v) is 5.04. The lowest BCUT2D eigenvalue weighted by Crippen LogP contribution is -2.55. The molecule has 6 atom stereocenters. The van der Waals surface area contributed by atoms with Crippen LogP contribution in [0.25, 0.3) is 0 Å². The van der Waals surface area contributed by atoms with Gasteiger partial charge in [-0.25, -0.2) is 0 Å². The van der Waals surface area contributed by atoms with E-state index >= 15 is 0 Å². The molecule has 0 saturated heterocycles. The third-order valence-corrected chi connectivity index (χ3v) is 6.61. The molecule has 0 unspecified atom stereocenters.